The molecule has 2 aromatic rings. The zero-order valence-corrected chi connectivity index (χ0v) is 14.4. The fraction of sp³-hybridized carbons (Fsp3) is 0.267. The number of halogens is 2. The maximum atomic E-state index is 9.83. The first-order valence-electron chi connectivity index (χ1n) is 6.82. The second kappa shape index (κ2) is 9.10. The Kier molecular flexibility index (Phi) is 7.14. The summed E-state index contributed by atoms with van der Waals surface area (Å²) in [5, 5.41) is 17.0. The molecule has 1 aromatic heterocycles. The third-order valence-corrected chi connectivity index (χ3v) is 3.61. The standard InChI is InChI=1S/C15H16Cl2N2O3S/c16-10-3-4-14(13(17)6-10)19-15(23)18-7-11(20)8-21-9-12-2-1-5-22-12/h1-6,11,20H,7-9H2,(H2,18,19,23). The fourth-order valence-corrected chi connectivity index (χ4v) is 2.37. The van der Waals surface area contributed by atoms with E-state index in [1.807, 2.05) is 0 Å². The lowest BCUT2D eigenvalue weighted by Crippen LogP contribution is -2.37. The molecule has 1 heterocycles. The Balaban J connectivity index is 1.67. The van der Waals surface area contributed by atoms with Crippen molar-refractivity contribution in [1.82, 2.24) is 5.32 Å². The minimum Gasteiger partial charge on any atom is -0.467 e. The summed E-state index contributed by atoms with van der Waals surface area (Å²) in [5.74, 6) is 0.708. The van der Waals surface area contributed by atoms with E-state index in [1.54, 1.807) is 36.6 Å². The first kappa shape index (κ1) is 18.0. The van der Waals surface area contributed by atoms with Crippen LogP contribution in [0.3, 0.4) is 0 Å². The minimum absolute atomic E-state index is 0.165. The predicted molar refractivity (Wildman–Crippen MR) is 95.1 cm³/mol. The molecule has 3 N–H and O–H groups in total. The lowest BCUT2D eigenvalue weighted by atomic mass is 10.3. The molecule has 1 unspecified atom stereocenters. The van der Waals surface area contributed by atoms with Crippen molar-refractivity contribution < 1.29 is 14.3 Å². The average molecular weight is 375 g/mol. The van der Waals surface area contributed by atoms with E-state index in [4.69, 9.17) is 44.6 Å². The Hall–Kier alpha value is -1.31. The van der Waals surface area contributed by atoms with E-state index in [0.717, 1.165) is 0 Å². The third-order valence-electron chi connectivity index (χ3n) is 2.81. The summed E-state index contributed by atoms with van der Waals surface area (Å²) in [5.41, 5.74) is 0.636. The van der Waals surface area contributed by atoms with Crippen LogP contribution in [0.25, 0.3) is 0 Å². The van der Waals surface area contributed by atoms with Crippen LogP contribution >= 0.6 is 35.4 Å². The van der Waals surface area contributed by atoms with Gasteiger partial charge in [0.15, 0.2) is 5.11 Å². The number of benzene rings is 1. The van der Waals surface area contributed by atoms with Crippen LogP contribution in [0.1, 0.15) is 5.76 Å². The van der Waals surface area contributed by atoms with Crippen molar-refractivity contribution in [1.29, 1.82) is 0 Å². The maximum Gasteiger partial charge on any atom is 0.170 e. The zero-order valence-electron chi connectivity index (χ0n) is 12.1. The van der Waals surface area contributed by atoms with Gasteiger partial charge in [0, 0.05) is 11.6 Å². The number of nitrogens with one attached hydrogen (secondary N) is 2. The van der Waals surface area contributed by atoms with Crippen molar-refractivity contribution in [3.63, 3.8) is 0 Å². The topological polar surface area (TPSA) is 66.7 Å². The molecule has 5 nitrogen and oxygen atoms in total. The molecule has 0 amide bonds. The van der Waals surface area contributed by atoms with Gasteiger partial charge in [0.05, 0.1) is 29.7 Å². The van der Waals surface area contributed by atoms with Gasteiger partial charge < -0.3 is 24.9 Å². The molecule has 23 heavy (non-hydrogen) atoms. The van der Waals surface area contributed by atoms with Gasteiger partial charge in [0.2, 0.25) is 0 Å². The molecule has 0 spiro atoms. The summed E-state index contributed by atoms with van der Waals surface area (Å²) in [6.45, 7) is 0.723. The normalized spacial score (nSPS) is 12.0. The highest BCUT2D eigenvalue weighted by atomic mass is 35.5. The highest BCUT2D eigenvalue weighted by Gasteiger charge is 2.08. The van der Waals surface area contributed by atoms with Gasteiger partial charge >= 0.3 is 0 Å². The Morgan fingerprint density at radius 1 is 1.35 bits per heavy atom. The SMILES string of the molecule is OC(CNC(=S)Nc1ccc(Cl)cc1Cl)COCc1ccco1. The number of hydrogen-bond donors (Lipinski definition) is 3. The van der Waals surface area contributed by atoms with Gasteiger partial charge in [-0.15, -0.1) is 0 Å². The molecule has 0 aliphatic heterocycles. The first-order valence-corrected chi connectivity index (χ1v) is 7.99. The fourth-order valence-electron chi connectivity index (χ4n) is 1.72. The lowest BCUT2D eigenvalue weighted by molar-refractivity contribution is 0.0246. The summed E-state index contributed by atoms with van der Waals surface area (Å²) < 4.78 is 10.5. The minimum atomic E-state index is -0.703. The number of rotatable bonds is 7. The van der Waals surface area contributed by atoms with Gasteiger partial charge in [-0.3, -0.25) is 0 Å². The number of anilines is 1. The maximum absolute atomic E-state index is 9.83. The predicted octanol–water partition coefficient (Wildman–Crippen LogP) is 3.45. The van der Waals surface area contributed by atoms with Crippen molar-refractivity contribution in [2.75, 3.05) is 18.5 Å². The van der Waals surface area contributed by atoms with Crippen LogP contribution in [0.4, 0.5) is 5.69 Å². The smallest absolute Gasteiger partial charge is 0.170 e. The number of hydrogen-bond acceptors (Lipinski definition) is 4. The largest absolute Gasteiger partial charge is 0.467 e. The monoisotopic (exact) mass is 374 g/mol. The number of aliphatic hydroxyl groups is 1. The first-order chi connectivity index (χ1) is 11.0. The summed E-state index contributed by atoms with van der Waals surface area (Å²) >= 11 is 17.0. The van der Waals surface area contributed by atoms with E-state index in [0.29, 0.717) is 33.2 Å². The number of ether oxygens (including phenoxy) is 1. The Morgan fingerprint density at radius 3 is 2.87 bits per heavy atom. The van der Waals surface area contributed by atoms with Gasteiger partial charge in [-0.25, -0.2) is 0 Å². The average Bonchev–Trinajstić information content (AvgIpc) is 3.01. The molecule has 0 saturated heterocycles. The van der Waals surface area contributed by atoms with Gasteiger partial charge in [0.1, 0.15) is 12.4 Å². The van der Waals surface area contributed by atoms with E-state index >= 15 is 0 Å². The number of furan rings is 1. The molecule has 124 valence electrons. The highest BCUT2D eigenvalue weighted by molar-refractivity contribution is 7.80. The molecule has 0 aliphatic rings. The van der Waals surface area contributed by atoms with E-state index in [2.05, 4.69) is 10.6 Å². The van der Waals surface area contributed by atoms with E-state index in [-0.39, 0.29) is 13.2 Å². The molecular formula is C15H16Cl2N2O3S. The Bertz CT molecular complexity index is 638. The molecule has 8 heteroatoms. The molecule has 0 fully saturated rings. The third kappa shape index (κ3) is 6.37. The van der Waals surface area contributed by atoms with Crippen molar-refractivity contribution in [2.24, 2.45) is 0 Å². The number of aliphatic hydroxyl groups excluding tert-OH is 1. The van der Waals surface area contributed by atoms with E-state index < -0.39 is 6.10 Å². The van der Waals surface area contributed by atoms with Gasteiger partial charge in [-0.1, -0.05) is 23.2 Å². The highest BCUT2D eigenvalue weighted by Crippen LogP contribution is 2.25. The zero-order chi connectivity index (χ0) is 16.7. The van der Waals surface area contributed by atoms with Crippen molar-refractivity contribution in [3.8, 4) is 0 Å². The van der Waals surface area contributed by atoms with Gasteiger partial charge in [-0.05, 0) is 42.5 Å². The van der Waals surface area contributed by atoms with Crippen LogP contribution < -0.4 is 10.6 Å². The lowest BCUT2D eigenvalue weighted by Gasteiger charge is -2.15. The molecule has 0 aliphatic carbocycles. The summed E-state index contributed by atoms with van der Waals surface area (Å²) in [7, 11) is 0. The van der Waals surface area contributed by atoms with Gasteiger partial charge in [0.25, 0.3) is 0 Å². The molecule has 0 radical (unpaired) electrons. The van der Waals surface area contributed by atoms with Crippen molar-refractivity contribution >= 4 is 46.2 Å². The molecule has 0 bridgehead atoms. The summed E-state index contributed by atoms with van der Waals surface area (Å²) in [4.78, 5) is 0. The van der Waals surface area contributed by atoms with Crippen LogP contribution in [0.5, 0.6) is 0 Å². The summed E-state index contributed by atoms with van der Waals surface area (Å²) in [6, 6.07) is 8.63. The van der Waals surface area contributed by atoms with Crippen molar-refractivity contribution in [2.45, 2.75) is 12.7 Å². The summed E-state index contributed by atoms with van der Waals surface area (Å²) in [6.07, 6.45) is 0.869. The molecular weight excluding hydrogens is 359 g/mol. The van der Waals surface area contributed by atoms with E-state index in [1.165, 1.54) is 0 Å². The Labute approximate surface area is 149 Å². The van der Waals surface area contributed by atoms with E-state index in [9.17, 15) is 5.11 Å². The molecule has 1 atom stereocenters. The van der Waals surface area contributed by atoms with Crippen LogP contribution in [0, 0.1) is 0 Å². The van der Waals surface area contributed by atoms with Crippen LogP contribution in [0.15, 0.2) is 41.0 Å². The second-order valence-corrected chi connectivity index (χ2v) is 5.96. The molecule has 2 rings (SSSR count). The second-order valence-electron chi connectivity index (χ2n) is 4.71. The molecule has 1 aromatic carbocycles. The van der Waals surface area contributed by atoms with Crippen LogP contribution in [0.2, 0.25) is 10.0 Å². The number of thiocarbonyl (C=S) groups is 1. The van der Waals surface area contributed by atoms with Gasteiger partial charge in [-0.2, -0.15) is 0 Å². The van der Waals surface area contributed by atoms with Crippen LogP contribution in [-0.4, -0.2) is 29.5 Å². The molecule has 0 saturated carbocycles. The Morgan fingerprint density at radius 2 is 2.17 bits per heavy atom. The van der Waals surface area contributed by atoms with Crippen molar-refractivity contribution in [3.05, 3.63) is 52.4 Å². The quantitative estimate of drug-likeness (QED) is 0.645. The van der Waals surface area contributed by atoms with Crippen LogP contribution in [-0.2, 0) is 11.3 Å².